The van der Waals surface area contributed by atoms with Gasteiger partial charge in [-0.25, -0.2) is 8.42 Å². The molecule has 4 rings (SSSR count). The van der Waals surface area contributed by atoms with Gasteiger partial charge in [0.15, 0.2) is 0 Å². The van der Waals surface area contributed by atoms with E-state index >= 15 is 0 Å². The Kier molecular flexibility index (Phi) is 8.24. The van der Waals surface area contributed by atoms with Crippen LogP contribution >= 0.6 is 0 Å². The summed E-state index contributed by atoms with van der Waals surface area (Å²) in [4.78, 5) is 15.2. The van der Waals surface area contributed by atoms with Crippen molar-refractivity contribution in [1.29, 1.82) is 0 Å². The van der Waals surface area contributed by atoms with E-state index in [1.54, 1.807) is 24.3 Å². The first-order chi connectivity index (χ1) is 16.4. The van der Waals surface area contributed by atoms with Crippen LogP contribution < -0.4 is 10.1 Å². The Hall–Kier alpha value is -2.42. The normalized spacial score (nSPS) is 19.7. The number of piperidine rings is 1. The number of sulfonamides is 1. The fraction of sp³-hybridized carbons (Fsp3) is 0.500. The fourth-order valence-corrected chi connectivity index (χ4v) is 6.19. The Morgan fingerprint density at radius 2 is 1.71 bits per heavy atom. The SMILES string of the molecule is C[C@@H]1CCCN(Cc2ccc(C(=O)NCCOc3ccc(S(=O)(=O)N4CCCC4)cc3)cc2)C1. The van der Waals surface area contributed by atoms with E-state index in [4.69, 9.17) is 4.74 Å². The number of hydrogen-bond donors (Lipinski definition) is 1. The van der Waals surface area contributed by atoms with Crippen LogP contribution in [0.15, 0.2) is 53.4 Å². The maximum absolute atomic E-state index is 12.6. The summed E-state index contributed by atoms with van der Waals surface area (Å²) in [5.41, 5.74) is 1.86. The van der Waals surface area contributed by atoms with Crippen molar-refractivity contribution in [1.82, 2.24) is 14.5 Å². The highest BCUT2D eigenvalue weighted by Gasteiger charge is 2.27. The Morgan fingerprint density at radius 3 is 2.38 bits per heavy atom. The molecule has 2 fully saturated rings. The summed E-state index contributed by atoms with van der Waals surface area (Å²) in [6.45, 7) is 7.34. The number of amides is 1. The molecule has 184 valence electrons. The van der Waals surface area contributed by atoms with Crippen LogP contribution in [-0.4, -0.2) is 62.9 Å². The summed E-state index contributed by atoms with van der Waals surface area (Å²) >= 11 is 0. The molecule has 2 heterocycles. The molecule has 8 heteroatoms. The smallest absolute Gasteiger partial charge is 0.251 e. The lowest BCUT2D eigenvalue weighted by atomic mass is 9.99. The third-order valence-electron chi connectivity index (χ3n) is 6.55. The van der Waals surface area contributed by atoms with E-state index < -0.39 is 10.0 Å². The van der Waals surface area contributed by atoms with Crippen molar-refractivity contribution in [2.45, 2.75) is 44.0 Å². The van der Waals surface area contributed by atoms with E-state index in [9.17, 15) is 13.2 Å². The molecule has 7 nitrogen and oxygen atoms in total. The van der Waals surface area contributed by atoms with Gasteiger partial charge in [0.05, 0.1) is 11.4 Å². The highest BCUT2D eigenvalue weighted by atomic mass is 32.2. The lowest BCUT2D eigenvalue weighted by Crippen LogP contribution is -2.33. The number of nitrogens with one attached hydrogen (secondary N) is 1. The Balaban J connectivity index is 1.20. The zero-order valence-electron chi connectivity index (χ0n) is 19.9. The molecule has 0 saturated carbocycles. The monoisotopic (exact) mass is 485 g/mol. The van der Waals surface area contributed by atoms with Gasteiger partial charge < -0.3 is 10.1 Å². The minimum Gasteiger partial charge on any atom is -0.492 e. The van der Waals surface area contributed by atoms with E-state index in [2.05, 4.69) is 17.1 Å². The summed E-state index contributed by atoms with van der Waals surface area (Å²) in [6, 6.07) is 14.3. The molecule has 2 aliphatic heterocycles. The predicted molar refractivity (Wildman–Crippen MR) is 132 cm³/mol. The van der Waals surface area contributed by atoms with Gasteiger partial charge in [-0.05, 0) is 80.1 Å². The average molecular weight is 486 g/mol. The molecule has 0 aromatic heterocycles. The summed E-state index contributed by atoms with van der Waals surface area (Å²) < 4.78 is 32.4. The number of benzene rings is 2. The molecule has 2 aromatic rings. The number of hydrogen-bond acceptors (Lipinski definition) is 5. The van der Waals surface area contributed by atoms with Crippen molar-refractivity contribution in [3.63, 3.8) is 0 Å². The number of carbonyl (C=O) groups excluding carboxylic acids is 1. The predicted octanol–water partition coefficient (Wildman–Crippen LogP) is 3.51. The van der Waals surface area contributed by atoms with Crippen molar-refractivity contribution < 1.29 is 17.9 Å². The van der Waals surface area contributed by atoms with Crippen molar-refractivity contribution in [3.8, 4) is 5.75 Å². The van der Waals surface area contributed by atoms with Crippen LogP contribution in [0.2, 0.25) is 0 Å². The second-order valence-electron chi connectivity index (χ2n) is 9.37. The van der Waals surface area contributed by atoms with Gasteiger partial charge in [0, 0.05) is 31.7 Å². The van der Waals surface area contributed by atoms with Crippen LogP contribution in [0, 0.1) is 5.92 Å². The largest absolute Gasteiger partial charge is 0.492 e. The van der Waals surface area contributed by atoms with Crippen molar-refractivity contribution in [2.75, 3.05) is 39.3 Å². The van der Waals surface area contributed by atoms with Crippen molar-refractivity contribution in [2.24, 2.45) is 5.92 Å². The Morgan fingerprint density at radius 1 is 1.00 bits per heavy atom. The minimum atomic E-state index is -3.42. The van der Waals surface area contributed by atoms with Crippen LogP contribution in [0.5, 0.6) is 5.75 Å². The minimum absolute atomic E-state index is 0.131. The van der Waals surface area contributed by atoms with Gasteiger partial charge in [-0.3, -0.25) is 9.69 Å². The van der Waals surface area contributed by atoms with E-state index in [-0.39, 0.29) is 10.8 Å². The molecule has 2 aliphatic rings. The summed E-state index contributed by atoms with van der Waals surface area (Å²) in [5.74, 6) is 1.20. The maximum atomic E-state index is 12.6. The highest BCUT2D eigenvalue weighted by Crippen LogP contribution is 2.23. The molecule has 0 unspecified atom stereocenters. The lowest BCUT2D eigenvalue weighted by molar-refractivity contribution is 0.0947. The molecule has 34 heavy (non-hydrogen) atoms. The summed E-state index contributed by atoms with van der Waals surface area (Å²) in [6.07, 6.45) is 4.39. The summed E-state index contributed by atoms with van der Waals surface area (Å²) in [7, 11) is -3.42. The Bertz CT molecular complexity index is 1050. The second kappa shape index (κ2) is 11.3. The van der Waals surface area contributed by atoms with Gasteiger partial charge in [0.1, 0.15) is 12.4 Å². The standard InChI is InChI=1S/C26H35N3O4S/c1-21-5-4-15-28(19-21)20-22-6-8-23(9-7-22)26(30)27-14-18-33-24-10-12-25(13-11-24)34(31,32)29-16-2-3-17-29/h6-13,21H,2-5,14-20H2,1H3,(H,27,30)/t21-/m1/s1. The zero-order chi connectivity index (χ0) is 24.0. The second-order valence-corrected chi connectivity index (χ2v) is 11.3. The number of rotatable bonds is 9. The fourth-order valence-electron chi connectivity index (χ4n) is 4.67. The van der Waals surface area contributed by atoms with Crippen LogP contribution in [-0.2, 0) is 16.6 Å². The first-order valence-corrected chi connectivity index (χ1v) is 13.7. The molecule has 1 N–H and O–H groups in total. The molecule has 2 aromatic carbocycles. The molecular formula is C26H35N3O4S. The molecule has 1 atom stereocenters. The van der Waals surface area contributed by atoms with Gasteiger partial charge >= 0.3 is 0 Å². The third kappa shape index (κ3) is 6.37. The van der Waals surface area contributed by atoms with Crippen LogP contribution in [0.4, 0.5) is 0 Å². The van der Waals surface area contributed by atoms with Gasteiger partial charge in [0.2, 0.25) is 10.0 Å². The number of nitrogens with zero attached hydrogens (tertiary/aromatic N) is 2. The van der Waals surface area contributed by atoms with Gasteiger partial charge in [0.25, 0.3) is 5.91 Å². The van der Waals surface area contributed by atoms with E-state index in [0.717, 1.165) is 38.4 Å². The van der Waals surface area contributed by atoms with Gasteiger partial charge in [-0.1, -0.05) is 19.1 Å². The molecule has 0 aliphatic carbocycles. The van der Waals surface area contributed by atoms with Gasteiger partial charge in [-0.15, -0.1) is 0 Å². The van der Waals surface area contributed by atoms with E-state index in [0.29, 0.717) is 37.6 Å². The number of likely N-dealkylation sites (tertiary alicyclic amines) is 1. The van der Waals surface area contributed by atoms with Crippen LogP contribution in [0.1, 0.15) is 48.5 Å². The maximum Gasteiger partial charge on any atom is 0.251 e. The van der Waals surface area contributed by atoms with E-state index in [1.165, 1.54) is 22.7 Å². The quantitative estimate of drug-likeness (QED) is 0.550. The first-order valence-electron chi connectivity index (χ1n) is 12.2. The van der Waals surface area contributed by atoms with Crippen LogP contribution in [0.3, 0.4) is 0 Å². The molecule has 0 radical (unpaired) electrons. The molecule has 0 bridgehead atoms. The summed E-state index contributed by atoms with van der Waals surface area (Å²) in [5, 5.41) is 2.87. The first kappa shape index (κ1) is 24.7. The van der Waals surface area contributed by atoms with Crippen molar-refractivity contribution in [3.05, 3.63) is 59.7 Å². The highest BCUT2D eigenvalue weighted by molar-refractivity contribution is 7.89. The van der Waals surface area contributed by atoms with E-state index in [1.807, 2.05) is 24.3 Å². The van der Waals surface area contributed by atoms with Crippen molar-refractivity contribution >= 4 is 15.9 Å². The zero-order valence-corrected chi connectivity index (χ0v) is 20.7. The third-order valence-corrected chi connectivity index (χ3v) is 8.46. The molecule has 2 saturated heterocycles. The number of carbonyl (C=O) groups is 1. The lowest BCUT2D eigenvalue weighted by Gasteiger charge is -2.30. The molecular weight excluding hydrogens is 450 g/mol. The van der Waals surface area contributed by atoms with Crippen LogP contribution in [0.25, 0.3) is 0 Å². The van der Waals surface area contributed by atoms with Gasteiger partial charge in [-0.2, -0.15) is 4.31 Å². The topological polar surface area (TPSA) is 79.0 Å². The molecule has 0 spiro atoms. The Labute approximate surface area is 203 Å². The average Bonchev–Trinajstić information content (AvgIpc) is 3.39. The number of ether oxygens (including phenoxy) is 1. The molecule has 1 amide bonds.